The Balaban J connectivity index is 1.31. The van der Waals surface area contributed by atoms with Gasteiger partial charge in [-0.25, -0.2) is 4.90 Å². The predicted octanol–water partition coefficient (Wildman–Crippen LogP) is 5.59. The number of thioether (sulfide) groups is 1. The Bertz CT molecular complexity index is 1890. The number of rotatable bonds is 7. The Hall–Kier alpha value is -4.56. The number of carbonyl (C=O) groups is 3. The molecule has 0 bridgehead atoms. The van der Waals surface area contributed by atoms with Crippen molar-refractivity contribution in [1.82, 2.24) is 4.98 Å². The molecular weight excluding hydrogens is 631 g/mol. The fourth-order valence-corrected chi connectivity index (χ4v) is 8.03. The number of aromatic nitrogens is 1. The Morgan fingerprint density at radius 3 is 2.51 bits per heavy atom. The second-order valence-corrected chi connectivity index (χ2v) is 12.6. The molecule has 1 aromatic heterocycles. The molecule has 3 unspecified atom stereocenters. The number of aromatic amines is 1. The molecule has 0 aliphatic carbocycles. The van der Waals surface area contributed by atoms with Crippen LogP contribution in [0, 0.1) is 12.8 Å². The molecule has 0 spiro atoms. The minimum Gasteiger partial charge on any atom is -0.493 e. The SMILES string of the molecule is COc1cc(C2c3sc(=O)[nH]c3SC3C(=O)N(c4cccc(C(F)(F)F)c4)C(=O)C32)ccc1OCC(=O)Nc1cccc(C)c1. The fourth-order valence-electron chi connectivity index (χ4n) is 5.51. The lowest BCUT2D eigenvalue weighted by molar-refractivity contribution is -0.137. The van der Waals surface area contributed by atoms with Crippen molar-refractivity contribution < 1.29 is 37.0 Å². The number of H-pyrrole nitrogens is 1. The normalized spacial score (nSPS) is 19.2. The first-order valence-corrected chi connectivity index (χ1v) is 15.3. The number of methoxy groups -OCH3 is 1. The third kappa shape index (κ3) is 5.82. The van der Waals surface area contributed by atoms with Crippen molar-refractivity contribution in [3.8, 4) is 11.5 Å². The van der Waals surface area contributed by atoms with Crippen molar-refractivity contribution in [2.24, 2.45) is 5.92 Å². The van der Waals surface area contributed by atoms with Crippen molar-refractivity contribution >= 4 is 52.2 Å². The monoisotopic (exact) mass is 655 g/mol. The maximum atomic E-state index is 13.9. The van der Waals surface area contributed by atoms with Crippen LogP contribution in [-0.2, 0) is 20.6 Å². The van der Waals surface area contributed by atoms with Gasteiger partial charge in [-0.3, -0.25) is 19.2 Å². The van der Waals surface area contributed by atoms with E-state index >= 15 is 0 Å². The van der Waals surface area contributed by atoms with Gasteiger partial charge in [0.05, 0.1) is 29.3 Å². The van der Waals surface area contributed by atoms with Crippen molar-refractivity contribution in [1.29, 1.82) is 0 Å². The van der Waals surface area contributed by atoms with Crippen LogP contribution >= 0.6 is 23.1 Å². The van der Waals surface area contributed by atoms with E-state index in [1.807, 2.05) is 25.1 Å². The zero-order chi connectivity index (χ0) is 32.0. The van der Waals surface area contributed by atoms with E-state index in [9.17, 15) is 32.3 Å². The number of hydrogen-bond donors (Lipinski definition) is 2. The highest BCUT2D eigenvalue weighted by Crippen LogP contribution is 2.54. The summed E-state index contributed by atoms with van der Waals surface area (Å²) in [6.45, 7) is 1.58. The third-order valence-electron chi connectivity index (χ3n) is 7.46. The maximum absolute atomic E-state index is 13.9. The van der Waals surface area contributed by atoms with Gasteiger partial charge in [-0.05, 0) is 60.5 Å². The van der Waals surface area contributed by atoms with Gasteiger partial charge in [0.25, 0.3) is 5.91 Å². The van der Waals surface area contributed by atoms with E-state index in [1.165, 1.54) is 13.2 Å². The lowest BCUT2D eigenvalue weighted by atomic mass is 9.83. The first-order chi connectivity index (χ1) is 21.4. The van der Waals surface area contributed by atoms with Gasteiger partial charge < -0.3 is 19.8 Å². The number of nitrogens with one attached hydrogen (secondary N) is 2. The van der Waals surface area contributed by atoms with Crippen LogP contribution < -0.4 is 24.6 Å². The number of imide groups is 1. The number of alkyl halides is 3. The van der Waals surface area contributed by atoms with Crippen LogP contribution in [0.25, 0.3) is 0 Å². The molecule has 3 aromatic carbocycles. The Morgan fingerprint density at radius 2 is 1.78 bits per heavy atom. The number of anilines is 2. The number of ether oxygens (including phenoxy) is 2. The minimum atomic E-state index is -4.67. The summed E-state index contributed by atoms with van der Waals surface area (Å²) >= 11 is 1.91. The molecule has 2 aliphatic rings. The van der Waals surface area contributed by atoms with E-state index in [2.05, 4.69) is 10.3 Å². The molecule has 4 aromatic rings. The van der Waals surface area contributed by atoms with Gasteiger partial charge in [0.2, 0.25) is 11.8 Å². The van der Waals surface area contributed by atoms with Gasteiger partial charge in [-0.2, -0.15) is 13.2 Å². The van der Waals surface area contributed by atoms with E-state index in [1.54, 1.807) is 24.3 Å². The number of aryl methyl sites for hydroxylation is 1. The fraction of sp³-hybridized carbons (Fsp3) is 0.226. The topological polar surface area (TPSA) is 118 Å². The van der Waals surface area contributed by atoms with Gasteiger partial charge in [0.1, 0.15) is 5.25 Å². The first kappa shape index (κ1) is 30.5. The number of nitrogens with zero attached hydrogens (tertiary/aromatic N) is 1. The van der Waals surface area contributed by atoms with Crippen LogP contribution in [0.4, 0.5) is 24.5 Å². The highest BCUT2D eigenvalue weighted by Gasteiger charge is 2.56. The molecule has 1 saturated heterocycles. The molecule has 14 heteroatoms. The largest absolute Gasteiger partial charge is 0.493 e. The second-order valence-electron chi connectivity index (χ2n) is 10.4. The summed E-state index contributed by atoms with van der Waals surface area (Å²) in [5.41, 5.74) is 0.936. The summed E-state index contributed by atoms with van der Waals surface area (Å²) < 4.78 is 51.6. The molecule has 0 saturated carbocycles. The Morgan fingerprint density at radius 1 is 1.00 bits per heavy atom. The maximum Gasteiger partial charge on any atom is 0.416 e. The van der Waals surface area contributed by atoms with E-state index < -0.39 is 46.5 Å². The molecule has 2 N–H and O–H groups in total. The lowest BCUT2D eigenvalue weighted by Crippen LogP contribution is -2.32. The molecule has 45 heavy (non-hydrogen) atoms. The molecule has 6 rings (SSSR count). The molecular formula is C31H24F3N3O6S2. The molecule has 0 radical (unpaired) electrons. The van der Waals surface area contributed by atoms with Crippen LogP contribution in [0.1, 0.15) is 27.5 Å². The van der Waals surface area contributed by atoms with Gasteiger partial charge in [-0.1, -0.05) is 47.4 Å². The highest BCUT2D eigenvalue weighted by molar-refractivity contribution is 8.00. The Labute approximate surface area is 262 Å². The van der Waals surface area contributed by atoms with Crippen molar-refractivity contribution in [3.05, 3.63) is 98.0 Å². The van der Waals surface area contributed by atoms with E-state index in [-0.39, 0.29) is 28.7 Å². The standard InChI is InChI=1S/C31H24F3N3O6S2/c1-15-5-3-7-18(11-15)35-22(38)14-43-20-10-9-16(12-21(20)42-2)23-24-26(44-27-25(23)45-30(41)36-27)29(40)37(28(24)39)19-8-4-6-17(13-19)31(32,33)34/h3-13,23-24,26H,14H2,1-2H3,(H,35,38)(H,36,41). The number of carbonyl (C=O) groups excluding carboxylic acids is 3. The summed E-state index contributed by atoms with van der Waals surface area (Å²) in [6.07, 6.45) is -4.67. The van der Waals surface area contributed by atoms with Crippen molar-refractivity contribution in [3.63, 3.8) is 0 Å². The summed E-state index contributed by atoms with van der Waals surface area (Å²) in [5, 5.41) is 2.17. The zero-order valence-electron chi connectivity index (χ0n) is 23.6. The number of halogens is 3. The summed E-state index contributed by atoms with van der Waals surface area (Å²) in [7, 11) is 1.40. The number of benzene rings is 3. The number of amides is 3. The van der Waals surface area contributed by atoms with E-state index in [4.69, 9.17) is 9.47 Å². The van der Waals surface area contributed by atoms with Gasteiger partial charge >= 0.3 is 11.0 Å². The number of fused-ring (bicyclic) bond motifs is 2. The minimum absolute atomic E-state index is 0.185. The molecule has 3 atom stereocenters. The summed E-state index contributed by atoms with van der Waals surface area (Å²) in [5.74, 6) is -3.09. The van der Waals surface area contributed by atoms with Crippen molar-refractivity contribution in [2.75, 3.05) is 23.9 Å². The van der Waals surface area contributed by atoms with E-state index in [0.29, 0.717) is 21.2 Å². The zero-order valence-corrected chi connectivity index (χ0v) is 25.3. The van der Waals surface area contributed by atoms with Crippen LogP contribution in [0.2, 0.25) is 0 Å². The lowest BCUT2D eigenvalue weighted by Gasteiger charge is -2.30. The smallest absolute Gasteiger partial charge is 0.416 e. The van der Waals surface area contributed by atoms with Crippen LogP contribution in [0.5, 0.6) is 11.5 Å². The average molecular weight is 656 g/mol. The van der Waals surface area contributed by atoms with Crippen LogP contribution in [0.15, 0.2) is 76.6 Å². The quantitative estimate of drug-likeness (QED) is 0.250. The molecule has 3 amide bonds. The van der Waals surface area contributed by atoms with Gasteiger partial charge in [0.15, 0.2) is 18.1 Å². The number of hydrogen-bond acceptors (Lipinski definition) is 8. The van der Waals surface area contributed by atoms with Crippen LogP contribution in [0.3, 0.4) is 0 Å². The van der Waals surface area contributed by atoms with Gasteiger partial charge in [0, 0.05) is 16.5 Å². The average Bonchev–Trinajstić information content (AvgIpc) is 3.49. The Kier molecular flexibility index (Phi) is 7.95. The second kappa shape index (κ2) is 11.7. The first-order valence-electron chi connectivity index (χ1n) is 13.6. The summed E-state index contributed by atoms with van der Waals surface area (Å²) in [6, 6.07) is 16.2. The van der Waals surface area contributed by atoms with E-state index in [0.717, 1.165) is 51.8 Å². The third-order valence-corrected chi connectivity index (χ3v) is 9.86. The highest BCUT2D eigenvalue weighted by atomic mass is 32.2. The molecule has 2 aliphatic heterocycles. The van der Waals surface area contributed by atoms with Crippen LogP contribution in [-0.4, -0.2) is 41.7 Å². The number of thiazole rings is 1. The molecule has 1 fully saturated rings. The molecule has 9 nitrogen and oxygen atoms in total. The van der Waals surface area contributed by atoms with Gasteiger partial charge in [-0.15, -0.1) is 0 Å². The predicted molar refractivity (Wildman–Crippen MR) is 162 cm³/mol. The molecule has 3 heterocycles. The van der Waals surface area contributed by atoms with Crippen molar-refractivity contribution in [2.45, 2.75) is 29.3 Å². The summed E-state index contributed by atoms with van der Waals surface area (Å²) in [4.78, 5) is 56.1. The molecule has 232 valence electrons.